The van der Waals surface area contributed by atoms with E-state index in [1.54, 1.807) is 0 Å². The van der Waals surface area contributed by atoms with Crippen molar-refractivity contribution in [1.29, 1.82) is 5.26 Å². The first-order valence-electron chi connectivity index (χ1n) is 7.39. The number of carbonyl (C=O) groups excluding carboxylic acids is 1. The summed E-state index contributed by atoms with van der Waals surface area (Å²) < 4.78 is 0. The van der Waals surface area contributed by atoms with Crippen molar-refractivity contribution < 1.29 is 4.79 Å². The molecule has 5 nitrogen and oxygen atoms in total. The van der Waals surface area contributed by atoms with Gasteiger partial charge in [-0.2, -0.15) is 5.26 Å². The SMILES string of the molecule is N#CC1(NC(=O)CN2CCNCC2)CCCCCC1. The minimum atomic E-state index is -0.610. The van der Waals surface area contributed by atoms with Crippen LogP contribution in [0.3, 0.4) is 0 Å². The summed E-state index contributed by atoms with van der Waals surface area (Å²) in [7, 11) is 0. The quantitative estimate of drug-likeness (QED) is 0.734. The molecule has 5 heteroatoms. The van der Waals surface area contributed by atoms with Crippen LogP contribution in [0.5, 0.6) is 0 Å². The van der Waals surface area contributed by atoms with E-state index in [0.717, 1.165) is 51.9 Å². The van der Waals surface area contributed by atoms with Crippen molar-refractivity contribution in [3.05, 3.63) is 0 Å². The van der Waals surface area contributed by atoms with Crippen LogP contribution in [0.15, 0.2) is 0 Å². The Morgan fingerprint density at radius 1 is 1.21 bits per heavy atom. The summed E-state index contributed by atoms with van der Waals surface area (Å²) in [5, 5.41) is 15.7. The smallest absolute Gasteiger partial charge is 0.235 e. The molecule has 1 heterocycles. The Hall–Kier alpha value is -1.12. The van der Waals surface area contributed by atoms with E-state index in [0.29, 0.717) is 6.54 Å². The first-order chi connectivity index (χ1) is 9.24. The Labute approximate surface area is 115 Å². The van der Waals surface area contributed by atoms with E-state index in [1.165, 1.54) is 12.8 Å². The minimum Gasteiger partial charge on any atom is -0.337 e. The Morgan fingerprint density at radius 3 is 2.42 bits per heavy atom. The van der Waals surface area contributed by atoms with Crippen LogP contribution in [-0.2, 0) is 4.79 Å². The van der Waals surface area contributed by atoms with Crippen molar-refractivity contribution in [2.24, 2.45) is 0 Å². The van der Waals surface area contributed by atoms with Crippen LogP contribution in [0.2, 0.25) is 0 Å². The lowest BCUT2D eigenvalue weighted by atomic mass is 9.92. The Kier molecular flexibility index (Phi) is 5.17. The lowest BCUT2D eigenvalue weighted by molar-refractivity contribution is -0.123. The summed E-state index contributed by atoms with van der Waals surface area (Å²) in [5.74, 6) is 0.00495. The molecule has 0 aromatic rings. The third-order valence-corrected chi connectivity index (χ3v) is 4.13. The summed E-state index contributed by atoms with van der Waals surface area (Å²) >= 11 is 0. The van der Waals surface area contributed by atoms with E-state index in [2.05, 4.69) is 21.6 Å². The van der Waals surface area contributed by atoms with Gasteiger partial charge in [-0.3, -0.25) is 9.69 Å². The Bertz CT molecular complexity index is 336. The van der Waals surface area contributed by atoms with Gasteiger partial charge in [0.25, 0.3) is 0 Å². The average Bonchev–Trinajstić information content (AvgIpc) is 2.66. The number of nitrogens with zero attached hydrogens (tertiary/aromatic N) is 2. The van der Waals surface area contributed by atoms with Gasteiger partial charge < -0.3 is 10.6 Å². The third kappa shape index (κ3) is 4.19. The summed E-state index contributed by atoms with van der Waals surface area (Å²) in [5.41, 5.74) is -0.610. The predicted molar refractivity (Wildman–Crippen MR) is 73.5 cm³/mol. The fraction of sp³-hybridized carbons (Fsp3) is 0.857. The van der Waals surface area contributed by atoms with Crippen molar-refractivity contribution in [2.75, 3.05) is 32.7 Å². The first-order valence-corrected chi connectivity index (χ1v) is 7.39. The van der Waals surface area contributed by atoms with Crippen molar-refractivity contribution in [3.8, 4) is 6.07 Å². The molecule has 1 aliphatic heterocycles. The number of piperazine rings is 1. The molecular formula is C14H24N4O. The van der Waals surface area contributed by atoms with Gasteiger partial charge in [-0.15, -0.1) is 0 Å². The maximum Gasteiger partial charge on any atom is 0.235 e. The summed E-state index contributed by atoms with van der Waals surface area (Å²) in [6.45, 7) is 4.12. The highest BCUT2D eigenvalue weighted by molar-refractivity contribution is 5.79. The van der Waals surface area contributed by atoms with Crippen LogP contribution >= 0.6 is 0 Å². The fourth-order valence-corrected chi connectivity index (χ4v) is 2.98. The van der Waals surface area contributed by atoms with Gasteiger partial charge in [0.05, 0.1) is 12.6 Å². The summed E-state index contributed by atoms with van der Waals surface area (Å²) in [4.78, 5) is 14.3. The minimum absolute atomic E-state index is 0.00495. The van der Waals surface area contributed by atoms with Gasteiger partial charge in [0.2, 0.25) is 5.91 Å². The molecule has 0 aromatic carbocycles. The predicted octanol–water partition coefficient (Wildman–Crippen LogP) is 0.624. The largest absolute Gasteiger partial charge is 0.337 e. The van der Waals surface area contributed by atoms with E-state index in [1.807, 2.05) is 0 Å². The van der Waals surface area contributed by atoms with Crippen LogP contribution < -0.4 is 10.6 Å². The highest BCUT2D eigenvalue weighted by Crippen LogP contribution is 2.26. The van der Waals surface area contributed by atoms with E-state index in [-0.39, 0.29) is 5.91 Å². The topological polar surface area (TPSA) is 68.2 Å². The number of hydrogen-bond acceptors (Lipinski definition) is 4. The van der Waals surface area contributed by atoms with E-state index >= 15 is 0 Å². The molecule has 0 unspecified atom stereocenters. The van der Waals surface area contributed by atoms with E-state index in [9.17, 15) is 10.1 Å². The lowest BCUT2D eigenvalue weighted by Crippen LogP contribution is -2.53. The molecule has 2 N–H and O–H groups in total. The standard InChI is InChI=1S/C14H24N4O/c15-12-14(5-3-1-2-4-6-14)17-13(19)11-18-9-7-16-8-10-18/h16H,1-11H2,(H,17,19). The number of carbonyl (C=O) groups is 1. The van der Waals surface area contributed by atoms with Gasteiger partial charge in [-0.25, -0.2) is 0 Å². The van der Waals surface area contributed by atoms with Crippen molar-refractivity contribution in [3.63, 3.8) is 0 Å². The lowest BCUT2D eigenvalue weighted by Gasteiger charge is -2.30. The molecule has 19 heavy (non-hydrogen) atoms. The monoisotopic (exact) mass is 264 g/mol. The van der Waals surface area contributed by atoms with Crippen LogP contribution in [0.4, 0.5) is 0 Å². The van der Waals surface area contributed by atoms with Crippen LogP contribution in [0.1, 0.15) is 38.5 Å². The molecule has 1 amide bonds. The molecule has 0 spiro atoms. The molecule has 1 saturated heterocycles. The second kappa shape index (κ2) is 6.88. The molecule has 2 fully saturated rings. The van der Waals surface area contributed by atoms with E-state index in [4.69, 9.17) is 0 Å². The molecular weight excluding hydrogens is 240 g/mol. The van der Waals surface area contributed by atoms with E-state index < -0.39 is 5.54 Å². The fourth-order valence-electron chi connectivity index (χ4n) is 2.98. The average molecular weight is 264 g/mol. The molecule has 1 saturated carbocycles. The first kappa shape index (κ1) is 14.3. The molecule has 2 aliphatic rings. The van der Waals surface area contributed by atoms with Gasteiger partial charge in [-0.05, 0) is 12.8 Å². The zero-order valence-corrected chi connectivity index (χ0v) is 11.6. The number of rotatable bonds is 3. The number of nitriles is 1. The zero-order chi connectivity index (χ0) is 13.6. The number of amides is 1. The second-order valence-electron chi connectivity index (χ2n) is 5.68. The highest BCUT2D eigenvalue weighted by Gasteiger charge is 2.32. The number of nitrogens with one attached hydrogen (secondary N) is 2. The molecule has 0 radical (unpaired) electrons. The highest BCUT2D eigenvalue weighted by atomic mass is 16.2. The maximum atomic E-state index is 12.1. The Morgan fingerprint density at radius 2 is 1.84 bits per heavy atom. The summed E-state index contributed by atoms with van der Waals surface area (Å²) in [6, 6.07) is 2.36. The van der Waals surface area contributed by atoms with Crippen LogP contribution in [0.25, 0.3) is 0 Å². The summed E-state index contributed by atoms with van der Waals surface area (Å²) in [6.07, 6.45) is 6.05. The van der Waals surface area contributed by atoms with Crippen LogP contribution in [-0.4, -0.2) is 49.1 Å². The van der Waals surface area contributed by atoms with Crippen molar-refractivity contribution in [2.45, 2.75) is 44.1 Å². The van der Waals surface area contributed by atoms with Gasteiger partial charge in [0.1, 0.15) is 5.54 Å². The molecule has 0 bridgehead atoms. The second-order valence-corrected chi connectivity index (χ2v) is 5.68. The van der Waals surface area contributed by atoms with Crippen molar-refractivity contribution in [1.82, 2.24) is 15.5 Å². The molecule has 1 aliphatic carbocycles. The van der Waals surface area contributed by atoms with Gasteiger partial charge in [0.15, 0.2) is 0 Å². The number of hydrogen-bond donors (Lipinski definition) is 2. The van der Waals surface area contributed by atoms with Gasteiger partial charge >= 0.3 is 0 Å². The molecule has 0 aromatic heterocycles. The van der Waals surface area contributed by atoms with Gasteiger partial charge in [-0.1, -0.05) is 25.7 Å². The van der Waals surface area contributed by atoms with Crippen LogP contribution in [0, 0.1) is 11.3 Å². The maximum absolute atomic E-state index is 12.1. The molecule has 0 atom stereocenters. The molecule has 106 valence electrons. The van der Waals surface area contributed by atoms with Crippen molar-refractivity contribution >= 4 is 5.91 Å². The normalized spacial score (nSPS) is 24.2. The van der Waals surface area contributed by atoms with Gasteiger partial charge in [0, 0.05) is 26.2 Å². The molecule has 2 rings (SSSR count). The third-order valence-electron chi connectivity index (χ3n) is 4.13. The Balaban J connectivity index is 1.86. The zero-order valence-electron chi connectivity index (χ0n) is 11.6.